The Kier molecular flexibility index (Phi) is 4.15. The summed E-state index contributed by atoms with van der Waals surface area (Å²) in [5.41, 5.74) is 5.92. The molecule has 2 N–H and O–H groups in total. The number of hydrogen-bond acceptors (Lipinski definition) is 4. The van der Waals surface area contributed by atoms with Gasteiger partial charge in [-0.1, -0.05) is 0 Å². The number of rotatable bonds is 4. The molecule has 1 aromatic carbocycles. The molecule has 0 heterocycles. The highest BCUT2D eigenvalue weighted by molar-refractivity contribution is 8.14. The summed E-state index contributed by atoms with van der Waals surface area (Å²) >= 11 is 5.19. The van der Waals surface area contributed by atoms with Gasteiger partial charge in [0.05, 0.1) is 11.0 Å². The van der Waals surface area contributed by atoms with Crippen LogP contribution in [0.5, 0.6) is 0 Å². The van der Waals surface area contributed by atoms with Crippen LogP contribution in [0.15, 0.2) is 24.3 Å². The molecule has 88 valence electrons. The molecule has 0 amide bonds. The first-order valence-corrected chi connectivity index (χ1v) is 7.44. The second-order valence-electron chi connectivity index (χ2n) is 3.52. The summed E-state index contributed by atoms with van der Waals surface area (Å²) in [6.45, 7) is 3.69. The van der Waals surface area contributed by atoms with E-state index in [1.807, 2.05) is 13.8 Å². The van der Waals surface area contributed by atoms with Crippen molar-refractivity contribution in [1.29, 1.82) is 0 Å². The molecule has 0 spiro atoms. The van der Waals surface area contributed by atoms with Gasteiger partial charge >= 0.3 is 0 Å². The molecule has 1 unspecified atom stereocenters. The van der Waals surface area contributed by atoms with Crippen LogP contribution in [0.2, 0.25) is 0 Å². The Hall–Kier alpha value is -0.810. The first kappa shape index (κ1) is 13.3. The number of nitrogens with zero attached hydrogens (tertiary/aromatic N) is 1. The molecule has 0 radical (unpaired) electrons. The topological polar surface area (TPSA) is 78.4 Å². The minimum atomic E-state index is -2.54. The molecule has 16 heavy (non-hydrogen) atoms. The molecule has 0 fully saturated rings. The van der Waals surface area contributed by atoms with Gasteiger partial charge in [-0.05, 0) is 37.8 Å². The minimum Gasteiger partial charge on any atom is -0.332 e. The summed E-state index contributed by atoms with van der Waals surface area (Å²) in [5, 5.41) is 11.1. The number of nitro groups is 1. The van der Waals surface area contributed by atoms with Crippen LogP contribution in [0.25, 0.3) is 0 Å². The van der Waals surface area contributed by atoms with Crippen molar-refractivity contribution in [3.05, 3.63) is 34.4 Å². The lowest BCUT2D eigenvalue weighted by molar-refractivity contribution is -0.384. The number of non-ortho nitro benzene ring substituents is 1. The molecule has 0 aliphatic rings. The van der Waals surface area contributed by atoms with Gasteiger partial charge < -0.3 is 4.52 Å². The lowest BCUT2D eigenvalue weighted by atomic mass is 10.3. The van der Waals surface area contributed by atoms with Gasteiger partial charge in [-0.2, -0.15) is 0 Å². The standard InChI is InChI=1S/C9H13N2O3PS/c1-7(2)14-15(10,16)9-5-3-8(4-6-9)11(12)13/h3-7H,1-2H3,(H2,10,16). The summed E-state index contributed by atoms with van der Waals surface area (Å²) in [5.74, 6) is 0. The molecule has 5 nitrogen and oxygen atoms in total. The largest absolute Gasteiger partial charge is 0.332 e. The van der Waals surface area contributed by atoms with E-state index in [1.165, 1.54) is 12.1 Å². The Bertz CT molecular complexity index is 433. The zero-order valence-corrected chi connectivity index (χ0v) is 10.7. The first-order chi connectivity index (χ1) is 7.33. The lowest BCUT2D eigenvalue weighted by Crippen LogP contribution is -2.17. The van der Waals surface area contributed by atoms with Crippen molar-refractivity contribution in [2.75, 3.05) is 0 Å². The number of hydrogen-bond donors (Lipinski definition) is 1. The third-order valence-electron chi connectivity index (χ3n) is 1.79. The molecular weight excluding hydrogens is 247 g/mol. The highest BCUT2D eigenvalue weighted by Crippen LogP contribution is 2.38. The second kappa shape index (κ2) is 5.01. The van der Waals surface area contributed by atoms with Crippen LogP contribution in [0.4, 0.5) is 5.69 Å². The van der Waals surface area contributed by atoms with Crippen LogP contribution < -0.4 is 10.8 Å². The van der Waals surface area contributed by atoms with Gasteiger partial charge in [-0.3, -0.25) is 15.6 Å². The Morgan fingerprint density at radius 3 is 2.31 bits per heavy atom. The van der Waals surface area contributed by atoms with Crippen LogP contribution in [-0.2, 0) is 16.3 Å². The van der Waals surface area contributed by atoms with Gasteiger partial charge in [-0.15, -0.1) is 0 Å². The maximum atomic E-state index is 10.5. The van der Waals surface area contributed by atoms with E-state index in [-0.39, 0.29) is 11.8 Å². The van der Waals surface area contributed by atoms with E-state index in [0.717, 1.165) is 0 Å². The fourth-order valence-electron chi connectivity index (χ4n) is 1.16. The van der Waals surface area contributed by atoms with Gasteiger partial charge in [0.2, 0.25) is 0 Å². The SMILES string of the molecule is CC(C)OP(N)(=S)c1ccc([N+](=O)[O-])cc1. The van der Waals surface area contributed by atoms with Crippen molar-refractivity contribution in [2.45, 2.75) is 20.0 Å². The van der Waals surface area contributed by atoms with Crippen molar-refractivity contribution < 1.29 is 9.45 Å². The molecule has 1 atom stereocenters. The maximum absolute atomic E-state index is 10.5. The summed E-state index contributed by atoms with van der Waals surface area (Å²) in [7, 11) is 0. The summed E-state index contributed by atoms with van der Waals surface area (Å²) < 4.78 is 5.46. The van der Waals surface area contributed by atoms with Crippen LogP contribution in [0.1, 0.15) is 13.8 Å². The van der Waals surface area contributed by atoms with Crippen molar-refractivity contribution >= 4 is 29.2 Å². The van der Waals surface area contributed by atoms with Crippen LogP contribution in [-0.4, -0.2) is 11.0 Å². The normalized spacial score (nSPS) is 14.8. The predicted molar refractivity (Wildman–Crippen MR) is 67.4 cm³/mol. The molecule has 1 rings (SSSR count). The Morgan fingerprint density at radius 1 is 1.44 bits per heavy atom. The zero-order valence-electron chi connectivity index (χ0n) is 8.99. The Morgan fingerprint density at radius 2 is 1.94 bits per heavy atom. The van der Waals surface area contributed by atoms with E-state index in [4.69, 9.17) is 21.8 Å². The fraction of sp³-hybridized carbons (Fsp3) is 0.333. The summed E-state index contributed by atoms with van der Waals surface area (Å²) in [6.07, 6.45) is -2.60. The van der Waals surface area contributed by atoms with E-state index in [0.29, 0.717) is 5.30 Å². The third-order valence-corrected chi connectivity index (χ3v) is 4.43. The Balaban J connectivity index is 2.97. The second-order valence-corrected chi connectivity index (χ2v) is 7.07. The lowest BCUT2D eigenvalue weighted by Gasteiger charge is -2.19. The van der Waals surface area contributed by atoms with Crippen LogP contribution in [0, 0.1) is 10.1 Å². The van der Waals surface area contributed by atoms with Gasteiger partial charge in [0.25, 0.3) is 5.69 Å². The molecule has 0 bridgehead atoms. The van der Waals surface area contributed by atoms with Gasteiger partial charge in [0.15, 0.2) is 6.42 Å². The molecule has 0 saturated carbocycles. The van der Waals surface area contributed by atoms with Crippen LogP contribution in [0.3, 0.4) is 0 Å². The zero-order chi connectivity index (χ0) is 12.3. The fourth-order valence-corrected chi connectivity index (χ4v) is 3.35. The highest BCUT2D eigenvalue weighted by atomic mass is 32.4. The predicted octanol–water partition coefficient (Wildman–Crippen LogP) is 1.91. The first-order valence-electron chi connectivity index (χ1n) is 4.65. The van der Waals surface area contributed by atoms with Gasteiger partial charge in [-0.25, -0.2) is 0 Å². The van der Waals surface area contributed by atoms with Crippen molar-refractivity contribution in [3.63, 3.8) is 0 Å². The monoisotopic (exact) mass is 260 g/mol. The molecule has 1 aromatic rings. The molecule has 7 heteroatoms. The third kappa shape index (κ3) is 3.35. The van der Waals surface area contributed by atoms with E-state index >= 15 is 0 Å². The van der Waals surface area contributed by atoms with Crippen molar-refractivity contribution in [2.24, 2.45) is 5.50 Å². The molecule has 0 aliphatic heterocycles. The quantitative estimate of drug-likeness (QED) is 0.508. The Labute approximate surface area is 98.9 Å². The highest BCUT2D eigenvalue weighted by Gasteiger charge is 2.17. The smallest absolute Gasteiger partial charge is 0.269 e. The minimum absolute atomic E-state index is 0.0169. The molecule has 0 saturated heterocycles. The average molecular weight is 260 g/mol. The maximum Gasteiger partial charge on any atom is 0.269 e. The van der Waals surface area contributed by atoms with Gasteiger partial charge in [0.1, 0.15) is 0 Å². The van der Waals surface area contributed by atoms with Crippen LogP contribution >= 0.6 is 6.42 Å². The molecule has 0 aliphatic carbocycles. The van der Waals surface area contributed by atoms with E-state index in [9.17, 15) is 10.1 Å². The molecule has 0 aromatic heterocycles. The van der Waals surface area contributed by atoms with E-state index in [1.54, 1.807) is 12.1 Å². The average Bonchev–Trinajstić information content (AvgIpc) is 2.16. The van der Waals surface area contributed by atoms with E-state index in [2.05, 4.69) is 0 Å². The number of benzene rings is 1. The van der Waals surface area contributed by atoms with Crippen molar-refractivity contribution in [1.82, 2.24) is 0 Å². The number of nitro benzene ring substituents is 1. The van der Waals surface area contributed by atoms with Crippen molar-refractivity contribution in [3.8, 4) is 0 Å². The number of nitrogens with two attached hydrogens (primary N) is 1. The molecular formula is C9H13N2O3PS. The van der Waals surface area contributed by atoms with E-state index < -0.39 is 11.3 Å². The van der Waals surface area contributed by atoms with Gasteiger partial charge in [0, 0.05) is 17.4 Å². The summed E-state index contributed by atoms with van der Waals surface area (Å²) in [4.78, 5) is 10.0. The summed E-state index contributed by atoms with van der Waals surface area (Å²) in [6, 6.07) is 5.88.